The minimum absolute atomic E-state index is 0.0225. The van der Waals surface area contributed by atoms with Gasteiger partial charge in [0.05, 0.1) is 26.4 Å². The predicted octanol–water partition coefficient (Wildman–Crippen LogP) is 15.0. The van der Waals surface area contributed by atoms with Crippen molar-refractivity contribution in [2.24, 2.45) is 0 Å². The Kier molecular flexibility index (Phi) is 54.0. The number of carbonyl (C=O) groups is 6. The van der Waals surface area contributed by atoms with Crippen LogP contribution in [0.3, 0.4) is 0 Å². The molecule has 0 aromatic heterocycles. The Hall–Kier alpha value is -3.66. The number of nitrogens with zero attached hydrogens (tertiary/aromatic N) is 2. The van der Waals surface area contributed by atoms with Gasteiger partial charge in [-0.25, -0.2) is 9.59 Å². The molecule has 0 bridgehead atoms. The van der Waals surface area contributed by atoms with Crippen molar-refractivity contribution in [1.82, 2.24) is 9.80 Å². The molecule has 0 N–H and O–H groups in total. The highest BCUT2D eigenvalue weighted by atomic mass is 16.7. The van der Waals surface area contributed by atoms with E-state index in [1.807, 2.05) is 0 Å². The van der Waals surface area contributed by atoms with E-state index in [0.717, 1.165) is 96.7 Å². The van der Waals surface area contributed by atoms with Crippen molar-refractivity contribution in [3.05, 3.63) is 0 Å². The molecule has 0 saturated carbocycles. The maximum absolute atomic E-state index is 13.2. The van der Waals surface area contributed by atoms with Crippen molar-refractivity contribution < 1.29 is 66.7 Å². The summed E-state index contributed by atoms with van der Waals surface area (Å²) in [6.45, 7) is 18.4. The molecule has 0 fully saturated rings. The lowest BCUT2D eigenvalue weighted by Crippen LogP contribution is -2.39. The Morgan fingerprint density at radius 2 is 0.538 bits per heavy atom. The third-order valence-electron chi connectivity index (χ3n) is 14.1. The molecule has 0 aliphatic carbocycles. The van der Waals surface area contributed by atoms with Crippen molar-refractivity contribution >= 4 is 36.2 Å². The number of ether oxygens (including phenoxy) is 8. The first kappa shape index (κ1) is 74.3. The average molecular weight is 1110 g/mol. The Morgan fingerprint density at radius 3 is 0.808 bits per heavy atom. The maximum Gasteiger partial charge on any atom is 0.508 e. The first-order chi connectivity index (χ1) is 38.0. The van der Waals surface area contributed by atoms with Crippen LogP contribution < -0.4 is 0 Å². The molecular weight excluding hydrogens is 997 g/mol. The molecule has 0 aromatic rings. The van der Waals surface area contributed by atoms with Crippen LogP contribution in [0.1, 0.15) is 273 Å². The molecule has 16 heteroatoms. The Morgan fingerprint density at radius 1 is 0.282 bits per heavy atom. The van der Waals surface area contributed by atoms with Gasteiger partial charge in [-0.1, -0.05) is 170 Å². The number of carbonyl (C=O) groups excluding carboxylic acids is 6. The van der Waals surface area contributed by atoms with Gasteiger partial charge >= 0.3 is 36.2 Å². The summed E-state index contributed by atoms with van der Waals surface area (Å²) >= 11 is 0. The summed E-state index contributed by atoms with van der Waals surface area (Å²) in [4.78, 5) is 80.8. The van der Waals surface area contributed by atoms with Crippen molar-refractivity contribution in [3.8, 4) is 0 Å². The second kappa shape index (κ2) is 56.6. The van der Waals surface area contributed by atoms with E-state index in [9.17, 15) is 28.8 Å². The van der Waals surface area contributed by atoms with Crippen LogP contribution in [0, 0.1) is 0 Å². The summed E-state index contributed by atoms with van der Waals surface area (Å²) in [5.74, 6) is -1.09. The summed E-state index contributed by atoms with van der Waals surface area (Å²) < 4.78 is 44.6. The van der Waals surface area contributed by atoms with Crippen LogP contribution in [-0.2, 0) is 57.1 Å². The minimum atomic E-state index is -0.831. The first-order valence-electron chi connectivity index (χ1n) is 31.7. The molecule has 0 saturated heterocycles. The zero-order valence-electron chi connectivity index (χ0n) is 50.7. The summed E-state index contributed by atoms with van der Waals surface area (Å²) in [6, 6.07) is 0. The van der Waals surface area contributed by atoms with Crippen LogP contribution in [0.4, 0.5) is 9.59 Å². The highest BCUT2D eigenvalue weighted by Gasteiger charge is 2.21. The molecule has 0 atom stereocenters. The standard InChI is InChI=1S/C62H116N2O14/c1-7-13-17-21-25-29-49-71-57(65)41-33-37-55(38-34-42-58(66)72-50-30-26-22-18-14-8-2)77-61(69)75-53-47-64(46-45-63(11-5)12-6)48-54-76-62(70)78-56(39-35-43-59(67)73-51-31-27-23-19-15-9-3)40-36-44-60(68)74-52-32-28-24-20-16-10-4/h55-56H,7-54H2,1-6H3. The number of esters is 4. The van der Waals surface area contributed by atoms with Gasteiger partial charge in [-0.15, -0.1) is 0 Å². The Labute approximate surface area is 474 Å². The molecular formula is C62H116N2O14. The largest absolute Gasteiger partial charge is 0.508 e. The first-order valence-corrected chi connectivity index (χ1v) is 31.7. The van der Waals surface area contributed by atoms with Crippen LogP contribution in [0.15, 0.2) is 0 Å². The number of hydrogen-bond donors (Lipinski definition) is 0. The van der Waals surface area contributed by atoms with Gasteiger partial charge in [-0.2, -0.15) is 0 Å². The molecule has 0 aliphatic rings. The van der Waals surface area contributed by atoms with Crippen molar-refractivity contribution in [2.75, 3.05) is 78.9 Å². The van der Waals surface area contributed by atoms with E-state index >= 15 is 0 Å². The smallest absolute Gasteiger partial charge is 0.466 e. The van der Waals surface area contributed by atoms with Crippen LogP contribution in [0.2, 0.25) is 0 Å². The zero-order valence-corrected chi connectivity index (χ0v) is 50.7. The fourth-order valence-corrected chi connectivity index (χ4v) is 9.00. The normalized spacial score (nSPS) is 11.4. The summed E-state index contributed by atoms with van der Waals surface area (Å²) in [6.07, 6.45) is 28.0. The molecule has 0 unspecified atom stereocenters. The lowest BCUT2D eigenvalue weighted by atomic mass is 10.1. The van der Waals surface area contributed by atoms with Gasteiger partial charge in [0, 0.05) is 51.9 Å². The number of rotatable bonds is 57. The maximum atomic E-state index is 13.2. The quantitative estimate of drug-likeness (QED) is 0.0318. The van der Waals surface area contributed by atoms with E-state index in [1.54, 1.807) is 0 Å². The SMILES string of the molecule is CCCCCCCCOC(=O)CCCC(CCCC(=O)OCCCCCCCC)OC(=O)OCCN(CCOC(=O)OC(CCCC(=O)OCCCCCCCC)CCCC(=O)OCCCCCCCC)CCN(CC)CC. The summed E-state index contributed by atoms with van der Waals surface area (Å²) in [7, 11) is 0. The van der Waals surface area contributed by atoms with E-state index < -0.39 is 24.5 Å². The third kappa shape index (κ3) is 50.6. The lowest BCUT2D eigenvalue weighted by Gasteiger charge is -2.26. The van der Waals surface area contributed by atoms with Gasteiger partial charge in [0.1, 0.15) is 25.4 Å². The van der Waals surface area contributed by atoms with Crippen LogP contribution in [0.5, 0.6) is 0 Å². The topological polar surface area (TPSA) is 183 Å². The van der Waals surface area contributed by atoms with E-state index in [1.165, 1.54) is 77.0 Å². The van der Waals surface area contributed by atoms with Gasteiger partial charge in [-0.05, 0) is 90.1 Å². The molecule has 78 heavy (non-hydrogen) atoms. The van der Waals surface area contributed by atoms with E-state index in [-0.39, 0.29) is 62.8 Å². The molecule has 0 radical (unpaired) electrons. The molecule has 458 valence electrons. The van der Waals surface area contributed by atoms with Gasteiger partial charge in [-0.3, -0.25) is 24.1 Å². The molecule has 0 heterocycles. The fraction of sp³-hybridized carbons (Fsp3) is 0.903. The van der Waals surface area contributed by atoms with Gasteiger partial charge < -0.3 is 42.8 Å². The van der Waals surface area contributed by atoms with Crippen LogP contribution in [-0.4, -0.2) is 137 Å². The number of likely N-dealkylation sites (N-methyl/N-ethyl adjacent to an activating group) is 1. The van der Waals surface area contributed by atoms with Crippen molar-refractivity contribution in [1.29, 1.82) is 0 Å². The van der Waals surface area contributed by atoms with Gasteiger partial charge in [0.2, 0.25) is 0 Å². The summed E-state index contributed by atoms with van der Waals surface area (Å²) in [5.41, 5.74) is 0. The fourth-order valence-electron chi connectivity index (χ4n) is 9.00. The molecule has 0 aromatic carbocycles. The molecule has 0 spiro atoms. The van der Waals surface area contributed by atoms with Gasteiger partial charge in [0.25, 0.3) is 0 Å². The highest BCUT2D eigenvalue weighted by Crippen LogP contribution is 2.18. The monoisotopic (exact) mass is 1110 g/mol. The van der Waals surface area contributed by atoms with Gasteiger partial charge in [0.15, 0.2) is 0 Å². The number of unbranched alkanes of at least 4 members (excludes halogenated alkanes) is 20. The molecule has 16 nitrogen and oxygen atoms in total. The molecule has 0 aliphatic heterocycles. The lowest BCUT2D eigenvalue weighted by molar-refractivity contribution is -0.145. The van der Waals surface area contributed by atoms with E-state index in [0.29, 0.717) is 97.4 Å². The van der Waals surface area contributed by atoms with Crippen LogP contribution >= 0.6 is 0 Å². The number of hydrogen-bond acceptors (Lipinski definition) is 16. The minimum Gasteiger partial charge on any atom is -0.466 e. The third-order valence-corrected chi connectivity index (χ3v) is 14.1. The van der Waals surface area contributed by atoms with Crippen molar-refractivity contribution in [3.63, 3.8) is 0 Å². The predicted molar refractivity (Wildman–Crippen MR) is 309 cm³/mol. The van der Waals surface area contributed by atoms with E-state index in [2.05, 4.69) is 51.3 Å². The highest BCUT2D eigenvalue weighted by molar-refractivity contribution is 5.70. The average Bonchev–Trinajstić information content (AvgIpc) is 3.42. The Balaban J connectivity index is 5.43. The van der Waals surface area contributed by atoms with Crippen molar-refractivity contribution in [2.45, 2.75) is 285 Å². The second-order valence-corrected chi connectivity index (χ2v) is 21.1. The zero-order chi connectivity index (χ0) is 57.4. The Bertz CT molecular complexity index is 1260. The van der Waals surface area contributed by atoms with Crippen LogP contribution in [0.25, 0.3) is 0 Å². The molecule has 0 rings (SSSR count). The summed E-state index contributed by atoms with van der Waals surface area (Å²) in [5, 5.41) is 0. The van der Waals surface area contributed by atoms with E-state index in [4.69, 9.17) is 37.9 Å². The molecule has 0 amide bonds. The second-order valence-electron chi connectivity index (χ2n) is 21.1.